The number of nitriles is 1. The molecule has 0 radical (unpaired) electrons. The Morgan fingerprint density at radius 3 is 2.53 bits per heavy atom. The van der Waals surface area contributed by atoms with Gasteiger partial charge in [-0.25, -0.2) is 4.98 Å². The zero-order valence-electron chi connectivity index (χ0n) is 10.8. The highest BCUT2D eigenvalue weighted by Gasteiger charge is 2.29. The molecule has 4 nitrogen and oxygen atoms in total. The second-order valence-corrected chi connectivity index (χ2v) is 5.85. The number of carbonyl (C=O) groups is 1. The number of nitrogens with one attached hydrogen (secondary N) is 1. The van der Waals surface area contributed by atoms with Crippen molar-refractivity contribution in [3.63, 3.8) is 0 Å². The summed E-state index contributed by atoms with van der Waals surface area (Å²) < 4.78 is 0. The molecule has 1 amide bonds. The van der Waals surface area contributed by atoms with E-state index >= 15 is 0 Å². The van der Waals surface area contributed by atoms with Gasteiger partial charge in [0, 0.05) is 4.88 Å². The summed E-state index contributed by atoms with van der Waals surface area (Å²) in [5, 5.41) is 12.7. The van der Waals surface area contributed by atoms with Gasteiger partial charge >= 0.3 is 0 Å². The number of nitrogens with zero attached hydrogens (tertiary/aromatic N) is 2. The molecule has 1 aromatic rings. The fourth-order valence-electron chi connectivity index (χ4n) is 1.44. The molecule has 1 atom stereocenters. The first-order chi connectivity index (χ1) is 7.77. The minimum Gasteiger partial charge on any atom is -0.347 e. The second kappa shape index (κ2) is 4.84. The molecule has 0 aliphatic heterocycles. The first-order valence-electron chi connectivity index (χ1n) is 5.44. The minimum absolute atomic E-state index is 0.110. The molecule has 0 spiro atoms. The maximum atomic E-state index is 11.8. The van der Waals surface area contributed by atoms with Crippen LogP contribution in [0.4, 0.5) is 0 Å². The summed E-state index contributed by atoms with van der Waals surface area (Å²) in [4.78, 5) is 17.2. The van der Waals surface area contributed by atoms with E-state index in [0.29, 0.717) is 0 Å². The summed E-state index contributed by atoms with van der Waals surface area (Å²) in [5.74, 6) is -0.252. The van der Waals surface area contributed by atoms with Crippen molar-refractivity contribution in [2.75, 3.05) is 0 Å². The Labute approximate surface area is 106 Å². The zero-order valence-corrected chi connectivity index (χ0v) is 11.6. The molecule has 0 fully saturated rings. The van der Waals surface area contributed by atoms with E-state index in [9.17, 15) is 4.79 Å². The van der Waals surface area contributed by atoms with Crippen LogP contribution in [0.3, 0.4) is 0 Å². The Morgan fingerprint density at radius 1 is 1.53 bits per heavy atom. The van der Waals surface area contributed by atoms with Crippen LogP contribution in [-0.4, -0.2) is 10.9 Å². The smallest absolute Gasteiger partial charge is 0.240 e. The maximum Gasteiger partial charge on any atom is 0.240 e. The maximum absolute atomic E-state index is 11.8. The Balaban J connectivity index is 2.81. The monoisotopic (exact) mass is 251 g/mol. The fourth-order valence-corrected chi connectivity index (χ4v) is 2.37. The zero-order chi connectivity index (χ0) is 13.2. The van der Waals surface area contributed by atoms with Gasteiger partial charge in [0.2, 0.25) is 5.91 Å². The van der Waals surface area contributed by atoms with Crippen LogP contribution < -0.4 is 5.32 Å². The molecule has 5 heteroatoms. The number of hydrogen-bond acceptors (Lipinski definition) is 4. The second-order valence-electron chi connectivity index (χ2n) is 4.61. The molecule has 1 N–H and O–H groups in total. The Hall–Kier alpha value is -1.41. The van der Waals surface area contributed by atoms with Crippen LogP contribution in [-0.2, 0) is 4.79 Å². The van der Waals surface area contributed by atoms with Crippen molar-refractivity contribution in [1.82, 2.24) is 10.3 Å². The highest BCUT2D eigenvalue weighted by Crippen LogP contribution is 2.25. The van der Waals surface area contributed by atoms with Crippen molar-refractivity contribution >= 4 is 17.2 Å². The van der Waals surface area contributed by atoms with Gasteiger partial charge in [0.25, 0.3) is 0 Å². The molecule has 1 rings (SSSR count). The van der Waals surface area contributed by atoms with Gasteiger partial charge in [0.05, 0.1) is 22.8 Å². The van der Waals surface area contributed by atoms with Gasteiger partial charge in [-0.1, -0.05) is 0 Å². The van der Waals surface area contributed by atoms with Crippen molar-refractivity contribution in [1.29, 1.82) is 5.26 Å². The van der Waals surface area contributed by atoms with Crippen LogP contribution in [0.5, 0.6) is 0 Å². The molecule has 0 bridgehead atoms. The van der Waals surface area contributed by atoms with Gasteiger partial charge in [-0.05, 0) is 34.6 Å². The summed E-state index contributed by atoms with van der Waals surface area (Å²) in [7, 11) is 0. The molecule has 0 aliphatic carbocycles. The van der Waals surface area contributed by atoms with Gasteiger partial charge in [-0.2, -0.15) is 5.26 Å². The molecule has 0 aromatic carbocycles. The topological polar surface area (TPSA) is 65.8 Å². The van der Waals surface area contributed by atoms with Gasteiger partial charge in [-0.15, -0.1) is 11.3 Å². The van der Waals surface area contributed by atoms with Crippen LogP contribution in [0.25, 0.3) is 0 Å². The molecular weight excluding hydrogens is 234 g/mol. The quantitative estimate of drug-likeness (QED) is 0.897. The number of amides is 1. The highest BCUT2D eigenvalue weighted by molar-refractivity contribution is 7.11. The van der Waals surface area contributed by atoms with Crippen LogP contribution in [0.1, 0.15) is 42.4 Å². The van der Waals surface area contributed by atoms with Crippen LogP contribution in [0, 0.1) is 30.6 Å². The van der Waals surface area contributed by atoms with Crippen molar-refractivity contribution < 1.29 is 4.79 Å². The Kier molecular flexibility index (Phi) is 3.89. The number of hydrogen-bond donors (Lipinski definition) is 1. The van der Waals surface area contributed by atoms with E-state index in [2.05, 4.69) is 10.3 Å². The van der Waals surface area contributed by atoms with Gasteiger partial charge in [0.1, 0.15) is 5.41 Å². The van der Waals surface area contributed by atoms with E-state index in [1.165, 1.54) is 0 Å². The largest absolute Gasteiger partial charge is 0.347 e. The summed E-state index contributed by atoms with van der Waals surface area (Å²) in [6.45, 7) is 9.00. The van der Waals surface area contributed by atoms with Gasteiger partial charge < -0.3 is 5.32 Å². The van der Waals surface area contributed by atoms with Crippen molar-refractivity contribution in [2.24, 2.45) is 5.41 Å². The summed E-state index contributed by atoms with van der Waals surface area (Å²) in [6, 6.07) is 1.88. The van der Waals surface area contributed by atoms with Crippen molar-refractivity contribution in [3.8, 4) is 6.07 Å². The first-order valence-corrected chi connectivity index (χ1v) is 6.25. The number of rotatable bonds is 3. The van der Waals surface area contributed by atoms with Crippen LogP contribution >= 0.6 is 11.3 Å². The molecule has 0 saturated carbocycles. The molecule has 1 heterocycles. The molecular formula is C12H17N3OS. The average molecular weight is 251 g/mol. The van der Waals surface area contributed by atoms with Crippen molar-refractivity contribution in [3.05, 3.63) is 15.6 Å². The number of aryl methyl sites for hydroxylation is 2. The lowest BCUT2D eigenvalue weighted by Gasteiger charge is -2.19. The van der Waals surface area contributed by atoms with E-state index in [1.54, 1.807) is 25.2 Å². The highest BCUT2D eigenvalue weighted by atomic mass is 32.1. The van der Waals surface area contributed by atoms with E-state index in [-0.39, 0.29) is 11.9 Å². The minimum atomic E-state index is -0.998. The van der Waals surface area contributed by atoms with E-state index < -0.39 is 5.41 Å². The third-order valence-corrected chi connectivity index (χ3v) is 3.78. The number of aromatic nitrogens is 1. The fraction of sp³-hybridized carbons (Fsp3) is 0.583. The summed E-state index contributed by atoms with van der Waals surface area (Å²) in [6.07, 6.45) is 0. The predicted molar refractivity (Wildman–Crippen MR) is 67.5 cm³/mol. The van der Waals surface area contributed by atoms with Crippen LogP contribution in [0.2, 0.25) is 0 Å². The molecule has 1 aromatic heterocycles. The van der Waals surface area contributed by atoms with Gasteiger partial charge in [0.15, 0.2) is 0 Å². The lowest BCUT2D eigenvalue weighted by Crippen LogP contribution is -2.37. The SMILES string of the molecule is Cc1nc(C)c(C(C)NC(=O)C(C)(C)C#N)s1. The summed E-state index contributed by atoms with van der Waals surface area (Å²) >= 11 is 1.57. The summed E-state index contributed by atoms with van der Waals surface area (Å²) in [5.41, 5.74) is -0.0582. The molecule has 17 heavy (non-hydrogen) atoms. The molecule has 1 unspecified atom stereocenters. The Bertz CT molecular complexity index is 471. The predicted octanol–water partition coefficient (Wildman–Crippen LogP) is 2.49. The normalized spacial score (nSPS) is 12.9. The Morgan fingerprint density at radius 2 is 2.12 bits per heavy atom. The molecule has 0 saturated heterocycles. The standard InChI is InChI=1S/C12H17N3OS/c1-7-10(17-9(3)14-7)8(2)15-11(16)12(4,5)6-13/h8H,1-5H3,(H,15,16). The molecule has 92 valence electrons. The molecule has 0 aliphatic rings. The first kappa shape index (κ1) is 13.7. The lowest BCUT2D eigenvalue weighted by atomic mass is 9.94. The van der Waals surface area contributed by atoms with Gasteiger partial charge in [-0.3, -0.25) is 4.79 Å². The van der Waals surface area contributed by atoms with E-state index in [1.807, 2.05) is 26.8 Å². The number of carbonyl (C=O) groups excluding carboxylic acids is 1. The van der Waals surface area contributed by atoms with Crippen molar-refractivity contribution in [2.45, 2.75) is 40.7 Å². The van der Waals surface area contributed by atoms with E-state index in [4.69, 9.17) is 5.26 Å². The number of thiazole rings is 1. The lowest BCUT2D eigenvalue weighted by molar-refractivity contribution is -0.127. The third-order valence-electron chi connectivity index (χ3n) is 2.53. The van der Waals surface area contributed by atoms with E-state index in [0.717, 1.165) is 15.6 Å². The van der Waals surface area contributed by atoms with Crippen LogP contribution in [0.15, 0.2) is 0 Å². The third kappa shape index (κ3) is 3.04. The average Bonchev–Trinajstić information content (AvgIpc) is 2.57.